The van der Waals surface area contributed by atoms with Gasteiger partial charge in [0.15, 0.2) is 0 Å². The Balaban J connectivity index is 1.84. The molecule has 0 aliphatic carbocycles. The van der Waals surface area contributed by atoms with E-state index in [-0.39, 0.29) is 0 Å². The molecule has 5 nitrogen and oxygen atoms in total. The molecule has 2 aromatic carbocycles. The Morgan fingerprint density at radius 1 is 1.04 bits per heavy atom. The molecule has 0 bridgehead atoms. The van der Waals surface area contributed by atoms with E-state index in [9.17, 15) is 4.21 Å². The molecule has 2 heterocycles. The van der Waals surface area contributed by atoms with Crippen LogP contribution in [0.2, 0.25) is 0 Å². The number of benzene rings is 2. The number of H-pyrrole nitrogens is 1. The fraction of sp³-hybridized carbons (Fsp3) is 0.0526. The standard InChI is InChI=1S/C19H15N3O2S/c1-24-17-11-15-16(22-19(21-15)13-5-3-2-4-6-13)12-18(17)25(23)14-7-9-20-10-8-14/h2-12H,1H3,(H,21,22). The summed E-state index contributed by atoms with van der Waals surface area (Å²) in [7, 11) is 0.206. The van der Waals surface area contributed by atoms with Crippen LogP contribution >= 0.6 is 0 Å². The summed E-state index contributed by atoms with van der Waals surface area (Å²) in [5.41, 5.74) is 2.58. The lowest BCUT2D eigenvalue weighted by molar-refractivity contribution is 0.404. The molecule has 0 fully saturated rings. The van der Waals surface area contributed by atoms with Crippen LogP contribution in [0.15, 0.2) is 76.8 Å². The monoisotopic (exact) mass is 349 g/mol. The molecule has 0 spiro atoms. The second kappa shape index (κ2) is 6.49. The van der Waals surface area contributed by atoms with Gasteiger partial charge in [0.1, 0.15) is 11.6 Å². The van der Waals surface area contributed by atoms with Crippen LogP contribution in [0.4, 0.5) is 0 Å². The van der Waals surface area contributed by atoms with Crippen LogP contribution in [-0.2, 0) is 10.8 Å². The number of rotatable bonds is 4. The van der Waals surface area contributed by atoms with Crippen molar-refractivity contribution in [1.82, 2.24) is 15.0 Å². The summed E-state index contributed by atoms with van der Waals surface area (Å²) in [5, 5.41) is 0. The van der Waals surface area contributed by atoms with Crippen molar-refractivity contribution in [2.45, 2.75) is 9.79 Å². The van der Waals surface area contributed by atoms with Gasteiger partial charge < -0.3 is 9.72 Å². The first-order valence-corrected chi connectivity index (χ1v) is 8.86. The second-order valence-corrected chi connectivity index (χ2v) is 6.87. The van der Waals surface area contributed by atoms with E-state index in [4.69, 9.17) is 4.74 Å². The topological polar surface area (TPSA) is 67.9 Å². The van der Waals surface area contributed by atoms with Crippen molar-refractivity contribution in [3.05, 3.63) is 67.0 Å². The number of pyridine rings is 1. The largest absolute Gasteiger partial charge is 0.495 e. The quantitative estimate of drug-likeness (QED) is 0.608. The molecule has 1 unspecified atom stereocenters. The highest BCUT2D eigenvalue weighted by atomic mass is 32.2. The number of imidazole rings is 1. The van der Waals surface area contributed by atoms with Crippen molar-refractivity contribution >= 4 is 21.8 Å². The van der Waals surface area contributed by atoms with Gasteiger partial charge in [-0.3, -0.25) is 4.98 Å². The number of nitrogens with zero attached hydrogens (tertiary/aromatic N) is 2. The minimum Gasteiger partial charge on any atom is -0.495 e. The lowest BCUT2D eigenvalue weighted by atomic mass is 10.2. The van der Waals surface area contributed by atoms with Gasteiger partial charge in [-0.15, -0.1) is 0 Å². The van der Waals surface area contributed by atoms with Crippen molar-refractivity contribution in [2.24, 2.45) is 0 Å². The van der Waals surface area contributed by atoms with Gasteiger partial charge in [0.2, 0.25) is 0 Å². The van der Waals surface area contributed by atoms with E-state index in [1.54, 1.807) is 31.6 Å². The van der Waals surface area contributed by atoms with E-state index in [2.05, 4.69) is 15.0 Å². The van der Waals surface area contributed by atoms with E-state index in [0.29, 0.717) is 15.5 Å². The highest BCUT2D eigenvalue weighted by molar-refractivity contribution is 7.85. The average molecular weight is 349 g/mol. The maximum atomic E-state index is 12.9. The Kier molecular flexibility index (Phi) is 4.03. The van der Waals surface area contributed by atoms with Crippen LogP contribution in [0.25, 0.3) is 22.4 Å². The van der Waals surface area contributed by atoms with E-state index < -0.39 is 10.8 Å². The average Bonchev–Trinajstić information content (AvgIpc) is 3.10. The van der Waals surface area contributed by atoms with Crippen LogP contribution in [0.5, 0.6) is 5.75 Å². The zero-order valence-electron chi connectivity index (χ0n) is 13.5. The van der Waals surface area contributed by atoms with Crippen molar-refractivity contribution in [3.8, 4) is 17.1 Å². The third-order valence-electron chi connectivity index (χ3n) is 3.88. The lowest BCUT2D eigenvalue weighted by Crippen LogP contribution is -1.97. The highest BCUT2D eigenvalue weighted by Crippen LogP contribution is 2.31. The number of hydrogen-bond acceptors (Lipinski definition) is 4. The van der Waals surface area contributed by atoms with Gasteiger partial charge in [0, 0.05) is 28.9 Å². The predicted molar refractivity (Wildman–Crippen MR) is 97.0 cm³/mol. The first-order valence-electron chi connectivity index (χ1n) is 7.71. The molecule has 4 rings (SSSR count). The van der Waals surface area contributed by atoms with Crippen molar-refractivity contribution in [2.75, 3.05) is 7.11 Å². The number of nitrogens with one attached hydrogen (secondary N) is 1. The van der Waals surface area contributed by atoms with E-state index in [1.165, 1.54) is 0 Å². The normalized spacial score (nSPS) is 12.2. The second-order valence-electron chi connectivity index (χ2n) is 5.42. The first-order chi connectivity index (χ1) is 12.3. The molecule has 0 saturated heterocycles. The predicted octanol–water partition coefficient (Wildman–Crippen LogP) is 3.80. The van der Waals surface area contributed by atoms with Gasteiger partial charge in [0.05, 0.1) is 33.8 Å². The van der Waals surface area contributed by atoms with Crippen LogP contribution < -0.4 is 4.74 Å². The fourth-order valence-corrected chi connectivity index (χ4v) is 3.82. The number of fused-ring (bicyclic) bond motifs is 1. The van der Waals surface area contributed by atoms with Gasteiger partial charge in [-0.25, -0.2) is 9.19 Å². The number of aromatic nitrogens is 3. The molecule has 25 heavy (non-hydrogen) atoms. The highest BCUT2D eigenvalue weighted by Gasteiger charge is 2.16. The molecule has 2 aromatic heterocycles. The van der Waals surface area contributed by atoms with Crippen molar-refractivity contribution in [1.29, 1.82) is 0 Å². The van der Waals surface area contributed by atoms with E-state index in [1.807, 2.05) is 42.5 Å². The summed E-state index contributed by atoms with van der Waals surface area (Å²) in [6, 6.07) is 17.0. The maximum absolute atomic E-state index is 12.9. The van der Waals surface area contributed by atoms with Gasteiger partial charge in [-0.1, -0.05) is 30.3 Å². The summed E-state index contributed by atoms with van der Waals surface area (Å²) < 4.78 is 18.4. The number of ether oxygens (including phenoxy) is 1. The van der Waals surface area contributed by atoms with Crippen LogP contribution in [0.1, 0.15) is 0 Å². The van der Waals surface area contributed by atoms with Crippen LogP contribution in [0.3, 0.4) is 0 Å². The molecule has 1 atom stereocenters. The Hall–Kier alpha value is -2.99. The third kappa shape index (κ3) is 2.92. The SMILES string of the molecule is COc1cc2nc(-c3ccccc3)[nH]c2cc1S(=O)c1ccncc1. The van der Waals surface area contributed by atoms with E-state index in [0.717, 1.165) is 22.4 Å². The molecule has 0 aliphatic rings. The summed E-state index contributed by atoms with van der Waals surface area (Å²) in [5.74, 6) is 1.32. The molecule has 0 amide bonds. The summed E-state index contributed by atoms with van der Waals surface area (Å²) in [6.07, 6.45) is 3.25. The van der Waals surface area contributed by atoms with Gasteiger partial charge in [0.25, 0.3) is 0 Å². The zero-order valence-corrected chi connectivity index (χ0v) is 14.3. The molecular weight excluding hydrogens is 334 g/mol. The molecular formula is C19H15N3O2S. The zero-order chi connectivity index (χ0) is 17.2. The molecule has 0 radical (unpaired) electrons. The Labute approximate surface area is 147 Å². The van der Waals surface area contributed by atoms with Crippen molar-refractivity contribution < 1.29 is 8.95 Å². The molecule has 0 aliphatic heterocycles. The number of hydrogen-bond donors (Lipinski definition) is 1. The minimum atomic E-state index is -1.36. The first kappa shape index (κ1) is 15.5. The smallest absolute Gasteiger partial charge is 0.138 e. The van der Waals surface area contributed by atoms with Gasteiger partial charge in [-0.2, -0.15) is 0 Å². The van der Waals surface area contributed by atoms with Crippen molar-refractivity contribution in [3.63, 3.8) is 0 Å². The lowest BCUT2D eigenvalue weighted by Gasteiger charge is -2.08. The Morgan fingerprint density at radius 3 is 2.52 bits per heavy atom. The summed E-state index contributed by atoms with van der Waals surface area (Å²) in [6.45, 7) is 0. The molecule has 0 saturated carbocycles. The fourth-order valence-electron chi connectivity index (χ4n) is 2.64. The molecule has 1 N–H and O–H groups in total. The number of aromatic amines is 1. The Bertz CT molecular complexity index is 1050. The number of methoxy groups -OCH3 is 1. The maximum Gasteiger partial charge on any atom is 0.138 e. The third-order valence-corrected chi connectivity index (χ3v) is 5.30. The molecule has 124 valence electrons. The minimum absolute atomic E-state index is 0.550. The molecule has 6 heteroatoms. The van der Waals surface area contributed by atoms with Crippen LogP contribution in [-0.4, -0.2) is 26.3 Å². The van der Waals surface area contributed by atoms with Gasteiger partial charge in [-0.05, 0) is 18.2 Å². The van der Waals surface area contributed by atoms with Crippen LogP contribution in [0, 0.1) is 0 Å². The van der Waals surface area contributed by atoms with E-state index >= 15 is 0 Å². The molecule has 4 aromatic rings. The summed E-state index contributed by atoms with van der Waals surface area (Å²) in [4.78, 5) is 13.2. The van der Waals surface area contributed by atoms with Gasteiger partial charge >= 0.3 is 0 Å². The Morgan fingerprint density at radius 2 is 1.80 bits per heavy atom. The summed E-state index contributed by atoms with van der Waals surface area (Å²) >= 11 is 0.